The minimum Gasteiger partial charge on any atom is -0.357 e. The maximum atomic E-state index is 12.0. The minimum absolute atomic E-state index is 0. The van der Waals surface area contributed by atoms with Gasteiger partial charge < -0.3 is 25.3 Å². The number of halogens is 1. The Bertz CT molecular complexity index is 868. The molecule has 0 radical (unpaired) electrons. The zero-order valence-corrected chi connectivity index (χ0v) is 21.5. The number of aromatic nitrogens is 1. The largest absolute Gasteiger partial charge is 0.357 e. The van der Waals surface area contributed by atoms with Crippen LogP contribution in [0.3, 0.4) is 0 Å². The molecule has 1 aromatic carbocycles. The summed E-state index contributed by atoms with van der Waals surface area (Å²) in [5.74, 6) is 1.92. The van der Waals surface area contributed by atoms with Crippen molar-refractivity contribution < 1.29 is 4.79 Å². The third kappa shape index (κ3) is 7.94. The number of amides is 1. The van der Waals surface area contributed by atoms with Gasteiger partial charge in [-0.2, -0.15) is 0 Å². The molecule has 9 heteroatoms. The van der Waals surface area contributed by atoms with Crippen molar-refractivity contribution in [3.63, 3.8) is 0 Å². The zero-order valence-electron chi connectivity index (χ0n) is 19.1. The fourth-order valence-electron chi connectivity index (χ4n) is 3.52. The summed E-state index contributed by atoms with van der Waals surface area (Å²) in [5, 5.41) is 6.36. The number of aliphatic imine (C=N–C) groups is 1. The van der Waals surface area contributed by atoms with Crippen LogP contribution in [0.5, 0.6) is 0 Å². The van der Waals surface area contributed by atoms with Crippen LogP contribution in [0.4, 0.5) is 11.5 Å². The smallest absolute Gasteiger partial charge is 0.238 e. The van der Waals surface area contributed by atoms with Gasteiger partial charge in [0, 0.05) is 44.6 Å². The van der Waals surface area contributed by atoms with E-state index < -0.39 is 0 Å². The molecule has 32 heavy (non-hydrogen) atoms. The molecule has 3 rings (SSSR count). The second-order valence-electron chi connectivity index (χ2n) is 7.82. The summed E-state index contributed by atoms with van der Waals surface area (Å²) in [4.78, 5) is 27.8. The van der Waals surface area contributed by atoms with E-state index in [4.69, 9.17) is 4.99 Å². The first-order valence-corrected chi connectivity index (χ1v) is 10.8. The molecule has 1 saturated heterocycles. The third-order valence-corrected chi connectivity index (χ3v) is 4.97. The molecule has 0 aliphatic carbocycles. The maximum Gasteiger partial charge on any atom is 0.238 e. The van der Waals surface area contributed by atoms with E-state index in [9.17, 15) is 4.79 Å². The quantitative estimate of drug-likeness (QED) is 0.313. The summed E-state index contributed by atoms with van der Waals surface area (Å²) in [6, 6.07) is 13.9. The second kappa shape index (κ2) is 13.2. The molecule has 174 valence electrons. The van der Waals surface area contributed by atoms with Crippen molar-refractivity contribution >= 4 is 47.3 Å². The molecule has 0 bridgehead atoms. The van der Waals surface area contributed by atoms with Crippen molar-refractivity contribution in [3.05, 3.63) is 54.2 Å². The fourth-order valence-corrected chi connectivity index (χ4v) is 3.52. The van der Waals surface area contributed by atoms with Crippen LogP contribution in [0.25, 0.3) is 0 Å². The molecule has 1 amide bonds. The molecule has 2 N–H and O–H groups in total. The number of hydrogen-bond donors (Lipinski definition) is 2. The van der Waals surface area contributed by atoms with E-state index >= 15 is 0 Å². The van der Waals surface area contributed by atoms with Crippen LogP contribution in [0.2, 0.25) is 0 Å². The fraction of sp³-hybridized carbons (Fsp3) is 0.435. The molecular weight excluding hydrogens is 517 g/mol. The SMILES string of the molecule is CCNC(=NCc1cccc(NC(=O)CN(C)C)c1)N1CCN(c2ccccn2)CC1.I. The van der Waals surface area contributed by atoms with Crippen molar-refractivity contribution in [2.45, 2.75) is 13.5 Å². The number of nitrogens with zero attached hydrogens (tertiary/aromatic N) is 5. The maximum absolute atomic E-state index is 12.0. The summed E-state index contributed by atoms with van der Waals surface area (Å²) >= 11 is 0. The van der Waals surface area contributed by atoms with Gasteiger partial charge >= 0.3 is 0 Å². The molecule has 1 aliphatic heterocycles. The highest BCUT2D eigenvalue weighted by atomic mass is 127. The van der Waals surface area contributed by atoms with Crippen molar-refractivity contribution in [2.75, 3.05) is 63.6 Å². The highest BCUT2D eigenvalue weighted by Crippen LogP contribution is 2.14. The lowest BCUT2D eigenvalue weighted by molar-refractivity contribution is -0.116. The molecule has 2 heterocycles. The van der Waals surface area contributed by atoms with Crippen molar-refractivity contribution in [1.29, 1.82) is 0 Å². The van der Waals surface area contributed by atoms with Gasteiger partial charge in [0.1, 0.15) is 5.82 Å². The van der Waals surface area contributed by atoms with Gasteiger partial charge in [-0.1, -0.05) is 18.2 Å². The number of carbonyl (C=O) groups excluding carboxylic acids is 1. The first-order valence-electron chi connectivity index (χ1n) is 10.8. The molecular formula is C23H34IN7O. The molecule has 2 aromatic rings. The monoisotopic (exact) mass is 551 g/mol. The van der Waals surface area contributed by atoms with E-state index in [1.807, 2.05) is 61.6 Å². The van der Waals surface area contributed by atoms with Crippen molar-refractivity contribution in [3.8, 4) is 0 Å². The van der Waals surface area contributed by atoms with E-state index in [2.05, 4.69) is 38.4 Å². The summed E-state index contributed by atoms with van der Waals surface area (Å²) in [5.41, 5.74) is 1.86. The predicted octanol–water partition coefficient (Wildman–Crippen LogP) is 2.49. The highest BCUT2D eigenvalue weighted by Gasteiger charge is 2.20. The standard InChI is InChI=1S/C23H33N7O.HI/c1-4-24-23(30-14-12-29(13-15-30)21-10-5-6-11-25-21)26-17-19-8-7-9-20(16-19)27-22(31)18-28(2)3;/h5-11,16H,4,12-15,17-18H2,1-3H3,(H,24,26)(H,27,31);1H. The number of pyridine rings is 1. The van der Waals surface area contributed by atoms with Gasteiger partial charge in [-0.15, -0.1) is 24.0 Å². The first kappa shape index (κ1) is 25.9. The van der Waals surface area contributed by atoms with Crippen LogP contribution in [0.15, 0.2) is 53.7 Å². The van der Waals surface area contributed by atoms with Crippen LogP contribution >= 0.6 is 24.0 Å². The Morgan fingerprint density at radius 2 is 1.91 bits per heavy atom. The van der Waals surface area contributed by atoms with E-state index in [-0.39, 0.29) is 29.9 Å². The van der Waals surface area contributed by atoms with E-state index in [0.717, 1.165) is 55.8 Å². The third-order valence-electron chi connectivity index (χ3n) is 4.97. The number of carbonyl (C=O) groups is 1. The Morgan fingerprint density at radius 1 is 1.12 bits per heavy atom. The number of guanidine groups is 1. The Balaban J connectivity index is 0.00000363. The number of hydrogen-bond acceptors (Lipinski definition) is 5. The number of rotatable bonds is 7. The average molecular weight is 551 g/mol. The van der Waals surface area contributed by atoms with Crippen LogP contribution in [0.1, 0.15) is 12.5 Å². The van der Waals surface area contributed by atoms with Gasteiger partial charge in [-0.05, 0) is 50.8 Å². The molecule has 0 atom stereocenters. The first-order chi connectivity index (χ1) is 15.0. The van der Waals surface area contributed by atoms with E-state index in [1.165, 1.54) is 0 Å². The summed E-state index contributed by atoms with van der Waals surface area (Å²) in [7, 11) is 3.76. The number of anilines is 2. The normalized spacial score (nSPS) is 14.2. The highest BCUT2D eigenvalue weighted by molar-refractivity contribution is 14.0. The van der Waals surface area contributed by atoms with E-state index in [1.54, 1.807) is 0 Å². The number of nitrogens with one attached hydrogen (secondary N) is 2. The van der Waals surface area contributed by atoms with Gasteiger partial charge in [-0.3, -0.25) is 4.79 Å². The molecule has 0 saturated carbocycles. The molecule has 1 aromatic heterocycles. The minimum atomic E-state index is -0.0234. The molecule has 1 aliphatic rings. The van der Waals surface area contributed by atoms with Gasteiger partial charge in [0.15, 0.2) is 5.96 Å². The van der Waals surface area contributed by atoms with Crippen LogP contribution < -0.4 is 15.5 Å². The Hall–Kier alpha value is -2.40. The lowest BCUT2D eigenvalue weighted by atomic mass is 10.2. The average Bonchev–Trinajstić information content (AvgIpc) is 2.77. The van der Waals surface area contributed by atoms with Crippen molar-refractivity contribution in [1.82, 2.24) is 20.1 Å². The second-order valence-corrected chi connectivity index (χ2v) is 7.82. The Labute approximate surface area is 208 Å². The zero-order chi connectivity index (χ0) is 22.1. The molecule has 1 fully saturated rings. The summed E-state index contributed by atoms with van der Waals surface area (Å²) in [6.45, 7) is 7.42. The van der Waals surface area contributed by atoms with Gasteiger partial charge in [0.2, 0.25) is 5.91 Å². The van der Waals surface area contributed by atoms with Gasteiger partial charge in [0.25, 0.3) is 0 Å². The predicted molar refractivity (Wildman–Crippen MR) is 142 cm³/mol. The lowest BCUT2D eigenvalue weighted by Crippen LogP contribution is -2.52. The summed E-state index contributed by atoms with van der Waals surface area (Å²) in [6.07, 6.45) is 1.84. The van der Waals surface area contributed by atoms with Crippen LogP contribution in [0, 0.1) is 0 Å². The number of piperazine rings is 1. The Kier molecular flexibility index (Phi) is 10.7. The molecule has 0 spiro atoms. The molecule has 0 unspecified atom stereocenters. The number of benzene rings is 1. The van der Waals surface area contributed by atoms with E-state index in [0.29, 0.717) is 13.1 Å². The van der Waals surface area contributed by atoms with Crippen LogP contribution in [-0.4, -0.2) is 80.0 Å². The number of likely N-dealkylation sites (N-methyl/N-ethyl adjacent to an activating group) is 1. The molecule has 8 nitrogen and oxygen atoms in total. The lowest BCUT2D eigenvalue weighted by Gasteiger charge is -2.37. The van der Waals surface area contributed by atoms with Gasteiger partial charge in [-0.25, -0.2) is 9.98 Å². The topological polar surface area (TPSA) is 76.1 Å². The van der Waals surface area contributed by atoms with Crippen LogP contribution in [-0.2, 0) is 11.3 Å². The summed E-state index contributed by atoms with van der Waals surface area (Å²) < 4.78 is 0. The Morgan fingerprint density at radius 3 is 2.56 bits per heavy atom. The van der Waals surface area contributed by atoms with Crippen molar-refractivity contribution in [2.24, 2.45) is 4.99 Å². The van der Waals surface area contributed by atoms with Gasteiger partial charge in [0.05, 0.1) is 13.1 Å².